The number of hydrogen-bond acceptors (Lipinski definition) is 6. The quantitative estimate of drug-likeness (QED) is 0.632. The first kappa shape index (κ1) is 18.7. The van der Waals surface area contributed by atoms with Crippen LogP contribution in [0.5, 0.6) is 0 Å². The highest BCUT2D eigenvalue weighted by Gasteiger charge is 2.20. The van der Waals surface area contributed by atoms with Crippen LogP contribution in [0.15, 0.2) is 52.2 Å². The molecule has 9 heteroatoms. The van der Waals surface area contributed by atoms with Gasteiger partial charge >= 0.3 is 0 Å². The maximum Gasteiger partial charge on any atom is 0.237 e. The number of rotatable bonds is 6. The summed E-state index contributed by atoms with van der Waals surface area (Å²) in [5, 5.41) is 14.0. The average Bonchev–Trinajstić information content (AvgIpc) is 3.27. The smallest absolute Gasteiger partial charge is 0.237 e. The predicted molar refractivity (Wildman–Crippen MR) is 103 cm³/mol. The van der Waals surface area contributed by atoms with Gasteiger partial charge < -0.3 is 19.6 Å². The van der Waals surface area contributed by atoms with E-state index in [9.17, 15) is 9.59 Å². The third-order valence-corrected chi connectivity index (χ3v) is 4.83. The molecule has 0 saturated carbocycles. The molecule has 0 aliphatic rings. The number of nitrogens with zero attached hydrogens (tertiary/aromatic N) is 3. The zero-order chi connectivity index (χ0) is 19.4. The molecule has 8 nitrogen and oxygen atoms in total. The number of furan rings is 1. The lowest BCUT2D eigenvalue weighted by Gasteiger charge is -2.12. The van der Waals surface area contributed by atoms with Gasteiger partial charge in [-0.1, -0.05) is 11.8 Å². The Hall–Kier alpha value is -3.07. The van der Waals surface area contributed by atoms with E-state index in [0.29, 0.717) is 28.1 Å². The molecule has 2 N–H and O–H groups in total. The maximum atomic E-state index is 12.4. The zero-order valence-electron chi connectivity index (χ0n) is 15.1. The molecule has 3 aromatic rings. The van der Waals surface area contributed by atoms with Crippen LogP contribution in [0.1, 0.15) is 13.8 Å². The maximum absolute atomic E-state index is 12.4. The number of anilines is 2. The first-order chi connectivity index (χ1) is 12.9. The average molecular weight is 385 g/mol. The third-order valence-electron chi connectivity index (χ3n) is 3.70. The van der Waals surface area contributed by atoms with Gasteiger partial charge in [0, 0.05) is 25.3 Å². The van der Waals surface area contributed by atoms with Crippen molar-refractivity contribution < 1.29 is 14.0 Å². The number of aromatic nitrogens is 3. The number of benzene rings is 1. The Morgan fingerprint density at radius 1 is 1.11 bits per heavy atom. The molecule has 2 aromatic heterocycles. The molecule has 0 spiro atoms. The van der Waals surface area contributed by atoms with Crippen LogP contribution in [0.3, 0.4) is 0 Å². The fourth-order valence-corrected chi connectivity index (χ4v) is 3.15. The van der Waals surface area contributed by atoms with E-state index in [1.807, 2.05) is 7.05 Å². The monoisotopic (exact) mass is 385 g/mol. The number of carbonyl (C=O) groups is 2. The van der Waals surface area contributed by atoms with Crippen LogP contribution in [0.25, 0.3) is 11.6 Å². The van der Waals surface area contributed by atoms with Crippen molar-refractivity contribution in [3.05, 3.63) is 42.7 Å². The van der Waals surface area contributed by atoms with Gasteiger partial charge in [0.2, 0.25) is 11.8 Å². The molecule has 3 rings (SSSR count). The molecule has 2 amide bonds. The number of amides is 2. The van der Waals surface area contributed by atoms with Crippen molar-refractivity contribution in [2.45, 2.75) is 24.3 Å². The Morgan fingerprint density at radius 3 is 2.37 bits per heavy atom. The van der Waals surface area contributed by atoms with Gasteiger partial charge in [0.25, 0.3) is 0 Å². The van der Waals surface area contributed by atoms with Crippen molar-refractivity contribution >= 4 is 35.0 Å². The zero-order valence-corrected chi connectivity index (χ0v) is 15.9. The molecular formula is C18H19N5O3S. The Kier molecular flexibility index (Phi) is 5.60. The van der Waals surface area contributed by atoms with Crippen LogP contribution in [-0.4, -0.2) is 31.8 Å². The van der Waals surface area contributed by atoms with Crippen LogP contribution in [0.4, 0.5) is 11.4 Å². The van der Waals surface area contributed by atoms with E-state index in [1.165, 1.54) is 18.7 Å². The summed E-state index contributed by atoms with van der Waals surface area (Å²) in [5.74, 6) is 0.918. The summed E-state index contributed by atoms with van der Waals surface area (Å²) in [6, 6.07) is 10.5. The number of nitrogens with one attached hydrogen (secondary N) is 2. The van der Waals surface area contributed by atoms with Crippen molar-refractivity contribution in [1.29, 1.82) is 0 Å². The van der Waals surface area contributed by atoms with Crippen LogP contribution in [0, 0.1) is 0 Å². The molecule has 27 heavy (non-hydrogen) atoms. The van der Waals surface area contributed by atoms with Gasteiger partial charge in [-0.05, 0) is 43.3 Å². The summed E-state index contributed by atoms with van der Waals surface area (Å²) in [6.45, 7) is 3.24. The third kappa shape index (κ3) is 4.56. The van der Waals surface area contributed by atoms with Gasteiger partial charge in [-0.2, -0.15) is 0 Å². The molecule has 0 aliphatic carbocycles. The highest BCUT2D eigenvalue weighted by Crippen LogP contribution is 2.26. The van der Waals surface area contributed by atoms with Crippen molar-refractivity contribution in [3.8, 4) is 11.6 Å². The van der Waals surface area contributed by atoms with E-state index < -0.39 is 0 Å². The highest BCUT2D eigenvalue weighted by atomic mass is 32.2. The lowest BCUT2D eigenvalue weighted by Crippen LogP contribution is -2.22. The molecule has 0 radical (unpaired) electrons. The molecule has 0 bridgehead atoms. The summed E-state index contributed by atoms with van der Waals surface area (Å²) in [6.07, 6.45) is 1.57. The molecule has 1 aromatic carbocycles. The van der Waals surface area contributed by atoms with E-state index in [4.69, 9.17) is 4.42 Å². The van der Waals surface area contributed by atoms with Gasteiger partial charge in [0.1, 0.15) is 0 Å². The summed E-state index contributed by atoms with van der Waals surface area (Å²) in [4.78, 5) is 23.5. The van der Waals surface area contributed by atoms with Crippen LogP contribution < -0.4 is 10.6 Å². The summed E-state index contributed by atoms with van der Waals surface area (Å²) in [7, 11) is 1.82. The minimum atomic E-state index is -0.382. The summed E-state index contributed by atoms with van der Waals surface area (Å²) >= 11 is 1.31. The second-order valence-corrected chi connectivity index (χ2v) is 7.16. The predicted octanol–water partition coefficient (Wildman–Crippen LogP) is 3.15. The van der Waals surface area contributed by atoms with Crippen molar-refractivity contribution in [3.63, 3.8) is 0 Å². The fraction of sp³-hybridized carbons (Fsp3) is 0.222. The standard InChI is InChI=1S/C18H19N5O3S/c1-11(17(25)20-14-8-6-13(7-9-14)19-12(2)24)27-18-22-21-16(23(18)3)15-5-4-10-26-15/h4-11H,1-3H3,(H,19,24)(H,20,25)/t11-/m1/s1. The molecule has 0 aliphatic heterocycles. The molecule has 0 saturated heterocycles. The molecule has 140 valence electrons. The highest BCUT2D eigenvalue weighted by molar-refractivity contribution is 8.00. The van der Waals surface area contributed by atoms with E-state index in [0.717, 1.165) is 0 Å². The van der Waals surface area contributed by atoms with Crippen LogP contribution in [0.2, 0.25) is 0 Å². The SMILES string of the molecule is CC(=O)Nc1ccc(NC(=O)[C@@H](C)Sc2nnc(-c3ccco3)n2C)cc1. The van der Waals surface area contributed by atoms with Crippen LogP contribution >= 0.6 is 11.8 Å². The Labute approximate surface area is 160 Å². The minimum absolute atomic E-state index is 0.144. The van der Waals surface area contributed by atoms with Crippen molar-refractivity contribution in [1.82, 2.24) is 14.8 Å². The van der Waals surface area contributed by atoms with Gasteiger partial charge in [0.05, 0.1) is 11.5 Å². The Bertz CT molecular complexity index is 935. The first-order valence-corrected chi connectivity index (χ1v) is 9.10. The second kappa shape index (κ2) is 8.09. The largest absolute Gasteiger partial charge is 0.461 e. The van der Waals surface area contributed by atoms with Crippen molar-refractivity contribution in [2.24, 2.45) is 7.05 Å². The van der Waals surface area contributed by atoms with Gasteiger partial charge in [-0.25, -0.2) is 0 Å². The number of carbonyl (C=O) groups excluding carboxylic acids is 2. The molecule has 0 fully saturated rings. The van der Waals surface area contributed by atoms with E-state index >= 15 is 0 Å². The normalized spacial score (nSPS) is 11.8. The summed E-state index contributed by atoms with van der Waals surface area (Å²) < 4.78 is 7.13. The van der Waals surface area contributed by atoms with Gasteiger partial charge in [0.15, 0.2) is 16.7 Å². The minimum Gasteiger partial charge on any atom is -0.461 e. The molecule has 0 unspecified atom stereocenters. The van der Waals surface area contributed by atoms with Gasteiger partial charge in [-0.3, -0.25) is 9.59 Å². The van der Waals surface area contributed by atoms with Crippen molar-refractivity contribution in [2.75, 3.05) is 10.6 Å². The lowest BCUT2D eigenvalue weighted by atomic mass is 10.2. The molecular weight excluding hydrogens is 366 g/mol. The lowest BCUT2D eigenvalue weighted by molar-refractivity contribution is -0.115. The second-order valence-electron chi connectivity index (χ2n) is 5.85. The molecule has 2 heterocycles. The van der Waals surface area contributed by atoms with Crippen LogP contribution in [-0.2, 0) is 16.6 Å². The Morgan fingerprint density at radius 2 is 1.78 bits per heavy atom. The van der Waals surface area contributed by atoms with E-state index in [1.54, 1.807) is 54.2 Å². The van der Waals surface area contributed by atoms with Gasteiger partial charge in [-0.15, -0.1) is 10.2 Å². The summed E-state index contributed by atoms with van der Waals surface area (Å²) in [5.41, 5.74) is 1.32. The molecule has 1 atom stereocenters. The van der Waals surface area contributed by atoms with E-state index in [2.05, 4.69) is 20.8 Å². The number of hydrogen-bond donors (Lipinski definition) is 2. The van der Waals surface area contributed by atoms with E-state index in [-0.39, 0.29) is 17.1 Å². The fourth-order valence-electron chi connectivity index (χ4n) is 2.33. The topological polar surface area (TPSA) is 102 Å². The Balaban J connectivity index is 1.62. The number of thioether (sulfide) groups is 1. The first-order valence-electron chi connectivity index (χ1n) is 8.22.